The van der Waals surface area contributed by atoms with E-state index in [1.165, 1.54) is 18.2 Å². The number of hydrogen-bond acceptors (Lipinski definition) is 5. The van der Waals surface area contributed by atoms with Gasteiger partial charge >= 0.3 is 0 Å². The molecule has 2 N–H and O–H groups in total. The van der Waals surface area contributed by atoms with Crippen LogP contribution in [0.25, 0.3) is 11.3 Å². The van der Waals surface area contributed by atoms with Crippen LogP contribution < -0.4 is 5.32 Å². The van der Waals surface area contributed by atoms with E-state index in [2.05, 4.69) is 15.3 Å². The lowest BCUT2D eigenvalue weighted by Crippen LogP contribution is -2.37. The molecule has 1 amide bonds. The van der Waals surface area contributed by atoms with E-state index in [0.717, 1.165) is 28.7 Å². The average Bonchev–Trinajstić information content (AvgIpc) is 3.23. The minimum atomic E-state index is -0.430. The molecule has 37 heavy (non-hydrogen) atoms. The first-order valence-electron chi connectivity index (χ1n) is 12.1. The number of nitrogens with one attached hydrogen (secondary N) is 1. The van der Waals surface area contributed by atoms with Crippen molar-refractivity contribution in [3.8, 4) is 11.3 Å². The summed E-state index contributed by atoms with van der Waals surface area (Å²) in [6, 6.07) is 13.4. The Hall–Kier alpha value is -3.75. The first-order valence-corrected chi connectivity index (χ1v) is 12.5. The van der Waals surface area contributed by atoms with E-state index in [1.807, 2.05) is 54.9 Å². The second-order valence-corrected chi connectivity index (χ2v) is 9.65. The first-order chi connectivity index (χ1) is 17.8. The Kier molecular flexibility index (Phi) is 6.95. The Morgan fingerprint density at radius 1 is 1.16 bits per heavy atom. The molecule has 1 aliphatic heterocycles. The Morgan fingerprint density at radius 3 is 2.76 bits per heavy atom. The number of nitrogens with zero attached hydrogens (tertiary/aromatic N) is 4. The van der Waals surface area contributed by atoms with Crippen molar-refractivity contribution in [1.82, 2.24) is 19.4 Å². The van der Waals surface area contributed by atoms with Gasteiger partial charge in [-0.2, -0.15) is 0 Å². The molecule has 0 unspecified atom stereocenters. The Morgan fingerprint density at radius 2 is 2.00 bits per heavy atom. The fraction of sp³-hybridized carbons (Fsp3) is 0.250. The third kappa shape index (κ3) is 5.08. The molecule has 0 bridgehead atoms. The van der Waals surface area contributed by atoms with Crippen molar-refractivity contribution in [2.45, 2.75) is 32.9 Å². The summed E-state index contributed by atoms with van der Waals surface area (Å²) >= 11 is 6.15. The number of aryl methyl sites for hydroxylation is 3. The van der Waals surface area contributed by atoms with Gasteiger partial charge in [-0.25, -0.2) is 14.4 Å². The van der Waals surface area contributed by atoms with Gasteiger partial charge < -0.3 is 19.9 Å². The summed E-state index contributed by atoms with van der Waals surface area (Å²) in [5.41, 5.74) is 5.33. The number of hydrogen-bond donors (Lipinski definition) is 2. The van der Waals surface area contributed by atoms with Gasteiger partial charge in [-0.1, -0.05) is 41.4 Å². The van der Waals surface area contributed by atoms with E-state index >= 15 is 0 Å². The smallest absolute Gasteiger partial charge is 0.271 e. The summed E-state index contributed by atoms with van der Waals surface area (Å²) in [6.45, 7) is 4.96. The second-order valence-electron chi connectivity index (χ2n) is 9.25. The molecule has 4 aromatic rings. The van der Waals surface area contributed by atoms with Crippen LogP contribution >= 0.6 is 11.6 Å². The average molecular weight is 520 g/mol. The molecule has 0 aliphatic carbocycles. The number of halogens is 2. The normalized spacial score (nSPS) is 14.3. The number of carbonyl (C=O) groups excluding carboxylic acids is 1. The highest BCUT2D eigenvalue weighted by Crippen LogP contribution is 2.31. The molecule has 5 rings (SSSR count). The summed E-state index contributed by atoms with van der Waals surface area (Å²) in [5, 5.41) is 13.5. The molecule has 9 heteroatoms. The molecule has 0 radical (unpaired) electrons. The summed E-state index contributed by atoms with van der Waals surface area (Å²) in [4.78, 5) is 24.5. The minimum Gasteiger partial charge on any atom is -0.394 e. The van der Waals surface area contributed by atoms with Gasteiger partial charge in [0.25, 0.3) is 5.91 Å². The first kappa shape index (κ1) is 24.9. The van der Waals surface area contributed by atoms with Crippen LogP contribution in [0, 0.1) is 19.7 Å². The van der Waals surface area contributed by atoms with Crippen LogP contribution in [-0.2, 0) is 6.54 Å². The Balaban J connectivity index is 1.46. The van der Waals surface area contributed by atoms with Gasteiger partial charge in [-0.3, -0.25) is 4.79 Å². The van der Waals surface area contributed by atoms with Gasteiger partial charge in [-0.15, -0.1) is 0 Å². The van der Waals surface area contributed by atoms with Crippen molar-refractivity contribution in [3.63, 3.8) is 0 Å². The fourth-order valence-electron chi connectivity index (χ4n) is 4.73. The van der Waals surface area contributed by atoms with Crippen LogP contribution in [-0.4, -0.2) is 43.6 Å². The number of rotatable bonds is 6. The van der Waals surface area contributed by atoms with Crippen molar-refractivity contribution < 1.29 is 14.3 Å². The van der Waals surface area contributed by atoms with E-state index in [9.17, 15) is 14.3 Å². The third-order valence-electron chi connectivity index (χ3n) is 6.57. The molecule has 2 aromatic carbocycles. The number of anilines is 2. The standard InChI is InChI=1S/C28H27ClFN5O2/c1-17-5-3-6-19(11-17)25(16-36)35-10-4-9-34-15-20(12-24(34)27(35)37)26-18(2)14-31-28(33-26)32-23-8-7-21(30)13-22(23)29/h3,5-8,11-15,25,36H,4,9-10,16H2,1-2H3,(H,31,32,33)/t25-/m1/s1. The van der Waals surface area contributed by atoms with E-state index in [-0.39, 0.29) is 17.5 Å². The van der Waals surface area contributed by atoms with Crippen molar-refractivity contribution >= 4 is 29.1 Å². The van der Waals surface area contributed by atoms with Crippen molar-refractivity contribution in [2.24, 2.45) is 0 Å². The van der Waals surface area contributed by atoms with Crippen LogP contribution in [0.2, 0.25) is 5.02 Å². The lowest BCUT2D eigenvalue weighted by molar-refractivity contribution is 0.0595. The quantitative estimate of drug-likeness (QED) is 0.342. The van der Waals surface area contributed by atoms with Gasteiger partial charge in [0.15, 0.2) is 0 Å². The summed E-state index contributed by atoms with van der Waals surface area (Å²) in [6.07, 6.45) is 4.38. The highest BCUT2D eigenvalue weighted by Gasteiger charge is 2.30. The zero-order valence-electron chi connectivity index (χ0n) is 20.6. The lowest BCUT2D eigenvalue weighted by atomic mass is 10.0. The SMILES string of the molecule is Cc1cccc([C@@H](CO)N2CCCn3cc(-c4nc(Nc5ccc(F)cc5Cl)ncc4C)cc3C2=O)c1. The van der Waals surface area contributed by atoms with Crippen molar-refractivity contribution in [3.05, 3.63) is 94.1 Å². The second kappa shape index (κ2) is 10.3. The number of carbonyl (C=O) groups is 1. The lowest BCUT2D eigenvalue weighted by Gasteiger charge is -2.29. The van der Waals surface area contributed by atoms with E-state index in [0.29, 0.717) is 36.1 Å². The maximum absolute atomic E-state index is 13.7. The summed E-state index contributed by atoms with van der Waals surface area (Å²) in [7, 11) is 0. The summed E-state index contributed by atoms with van der Waals surface area (Å²) in [5.74, 6) is -0.253. The highest BCUT2D eigenvalue weighted by molar-refractivity contribution is 6.33. The van der Waals surface area contributed by atoms with E-state index < -0.39 is 11.9 Å². The van der Waals surface area contributed by atoms with Gasteiger partial charge in [-0.05, 0) is 55.7 Å². The predicted molar refractivity (Wildman–Crippen MR) is 142 cm³/mol. The van der Waals surface area contributed by atoms with Gasteiger partial charge in [0.05, 0.1) is 29.1 Å². The number of aliphatic hydroxyl groups excluding tert-OH is 1. The molecule has 1 aliphatic rings. The molecule has 0 saturated heterocycles. The van der Waals surface area contributed by atoms with Crippen LogP contribution in [0.15, 0.2) is 60.9 Å². The molecule has 7 nitrogen and oxygen atoms in total. The molecule has 0 fully saturated rings. The van der Waals surface area contributed by atoms with Gasteiger partial charge in [0.2, 0.25) is 5.95 Å². The highest BCUT2D eigenvalue weighted by atomic mass is 35.5. The van der Waals surface area contributed by atoms with Crippen molar-refractivity contribution in [1.29, 1.82) is 0 Å². The monoisotopic (exact) mass is 519 g/mol. The molecular formula is C28H27ClFN5O2. The fourth-order valence-corrected chi connectivity index (χ4v) is 4.94. The molecule has 3 heterocycles. The third-order valence-corrected chi connectivity index (χ3v) is 6.89. The number of fused-ring (bicyclic) bond motifs is 1. The summed E-state index contributed by atoms with van der Waals surface area (Å²) < 4.78 is 15.4. The number of aliphatic hydroxyl groups is 1. The Labute approximate surface area is 219 Å². The molecule has 190 valence electrons. The number of benzene rings is 2. The molecule has 0 saturated carbocycles. The molecule has 1 atom stereocenters. The zero-order valence-corrected chi connectivity index (χ0v) is 21.3. The number of aromatic nitrogens is 3. The van der Waals surface area contributed by atoms with E-state index in [4.69, 9.17) is 11.6 Å². The van der Waals surface area contributed by atoms with Gasteiger partial charge in [0.1, 0.15) is 11.5 Å². The topological polar surface area (TPSA) is 83.3 Å². The van der Waals surface area contributed by atoms with E-state index in [1.54, 1.807) is 11.1 Å². The predicted octanol–water partition coefficient (Wildman–Crippen LogP) is 5.68. The molecule has 2 aromatic heterocycles. The largest absolute Gasteiger partial charge is 0.394 e. The maximum Gasteiger partial charge on any atom is 0.271 e. The van der Waals surface area contributed by atoms with Crippen molar-refractivity contribution in [2.75, 3.05) is 18.5 Å². The molecule has 0 spiro atoms. The van der Waals surface area contributed by atoms with Crippen LogP contribution in [0.4, 0.5) is 16.0 Å². The van der Waals surface area contributed by atoms with Crippen LogP contribution in [0.1, 0.15) is 39.6 Å². The van der Waals surface area contributed by atoms with Crippen LogP contribution in [0.3, 0.4) is 0 Å². The maximum atomic E-state index is 13.7. The zero-order chi connectivity index (χ0) is 26.1. The molecular weight excluding hydrogens is 493 g/mol. The number of amides is 1. The van der Waals surface area contributed by atoms with Crippen LogP contribution in [0.5, 0.6) is 0 Å². The Bertz CT molecular complexity index is 1470. The van der Waals surface area contributed by atoms with Gasteiger partial charge in [0, 0.05) is 31.0 Å². The minimum absolute atomic E-state index is 0.132.